The molecule has 0 unspecified atom stereocenters. The number of halogens is 2. The highest BCUT2D eigenvalue weighted by molar-refractivity contribution is 6.33. The molecule has 1 aromatic carbocycles. The van der Waals surface area contributed by atoms with Crippen molar-refractivity contribution >= 4 is 17.5 Å². The number of azide groups is 1. The Hall–Kier alpha value is -1.78. The minimum Gasteiger partial charge on any atom is -0.338 e. The molecule has 0 N–H and O–H groups in total. The molecule has 17 heavy (non-hydrogen) atoms. The fourth-order valence-corrected chi connectivity index (χ4v) is 1.85. The second-order valence-corrected chi connectivity index (χ2v) is 4.10. The third kappa shape index (κ3) is 2.33. The molecule has 1 fully saturated rings. The number of amides is 1. The van der Waals surface area contributed by atoms with Gasteiger partial charge >= 0.3 is 0 Å². The second kappa shape index (κ2) is 4.61. The number of rotatable bonds is 2. The first-order valence-corrected chi connectivity index (χ1v) is 5.28. The molecule has 88 valence electrons. The molecule has 1 heterocycles. The highest BCUT2D eigenvalue weighted by atomic mass is 35.5. The van der Waals surface area contributed by atoms with Crippen molar-refractivity contribution in [3.05, 3.63) is 45.0 Å². The quantitative estimate of drug-likeness (QED) is 0.454. The second-order valence-electron chi connectivity index (χ2n) is 3.69. The van der Waals surface area contributed by atoms with Gasteiger partial charge in [-0.1, -0.05) is 16.7 Å². The van der Waals surface area contributed by atoms with E-state index in [1.54, 1.807) is 0 Å². The Balaban J connectivity index is 2.09. The lowest BCUT2D eigenvalue weighted by Crippen LogP contribution is -2.52. The summed E-state index contributed by atoms with van der Waals surface area (Å²) in [5.74, 6) is -0.762. The summed E-state index contributed by atoms with van der Waals surface area (Å²) in [7, 11) is 0. The van der Waals surface area contributed by atoms with Crippen LogP contribution in [0.5, 0.6) is 0 Å². The van der Waals surface area contributed by atoms with Gasteiger partial charge in [0.05, 0.1) is 16.6 Å². The molecular formula is C10H8ClFN4O. The lowest BCUT2D eigenvalue weighted by molar-refractivity contribution is 0.0609. The number of hydrogen-bond donors (Lipinski definition) is 0. The summed E-state index contributed by atoms with van der Waals surface area (Å²) in [6.07, 6.45) is 0. The van der Waals surface area contributed by atoms with Crippen LogP contribution in [0, 0.1) is 5.82 Å². The van der Waals surface area contributed by atoms with Crippen LogP contribution in [0.1, 0.15) is 10.4 Å². The lowest BCUT2D eigenvalue weighted by Gasteiger charge is -2.36. The van der Waals surface area contributed by atoms with E-state index in [0.29, 0.717) is 13.1 Å². The van der Waals surface area contributed by atoms with Crippen LogP contribution < -0.4 is 0 Å². The molecule has 1 aromatic rings. The number of carbonyl (C=O) groups excluding carboxylic acids is 1. The van der Waals surface area contributed by atoms with Gasteiger partial charge in [0, 0.05) is 18.0 Å². The Bertz CT molecular complexity index is 509. The Morgan fingerprint density at radius 1 is 1.59 bits per heavy atom. The van der Waals surface area contributed by atoms with Crippen LogP contribution in [-0.4, -0.2) is 29.9 Å². The zero-order chi connectivity index (χ0) is 12.4. The van der Waals surface area contributed by atoms with Crippen molar-refractivity contribution in [2.24, 2.45) is 5.11 Å². The number of nitrogens with zero attached hydrogens (tertiary/aromatic N) is 4. The molecule has 0 radical (unpaired) electrons. The zero-order valence-electron chi connectivity index (χ0n) is 8.68. The van der Waals surface area contributed by atoms with Gasteiger partial charge in [0.2, 0.25) is 0 Å². The third-order valence-electron chi connectivity index (χ3n) is 2.53. The molecule has 0 atom stereocenters. The largest absolute Gasteiger partial charge is 0.338 e. The molecule has 7 heteroatoms. The van der Waals surface area contributed by atoms with Gasteiger partial charge in [0.15, 0.2) is 0 Å². The minimum absolute atomic E-state index is 0.0854. The third-order valence-corrected chi connectivity index (χ3v) is 2.84. The predicted molar refractivity (Wildman–Crippen MR) is 60.2 cm³/mol. The molecular weight excluding hydrogens is 247 g/mol. The van der Waals surface area contributed by atoms with E-state index in [0.717, 1.165) is 6.07 Å². The Kier molecular flexibility index (Phi) is 3.17. The Morgan fingerprint density at radius 3 is 2.88 bits per heavy atom. The van der Waals surface area contributed by atoms with Crippen LogP contribution in [0.25, 0.3) is 10.4 Å². The number of carbonyl (C=O) groups is 1. The molecule has 0 spiro atoms. The summed E-state index contributed by atoms with van der Waals surface area (Å²) in [6.45, 7) is 0.743. The van der Waals surface area contributed by atoms with Gasteiger partial charge in [-0.25, -0.2) is 4.39 Å². The van der Waals surface area contributed by atoms with Crippen molar-refractivity contribution in [3.8, 4) is 0 Å². The first-order valence-electron chi connectivity index (χ1n) is 4.90. The Morgan fingerprint density at radius 2 is 2.29 bits per heavy atom. The average molecular weight is 255 g/mol. The summed E-state index contributed by atoms with van der Waals surface area (Å²) < 4.78 is 12.8. The standard InChI is InChI=1S/C10H8ClFN4O/c11-9-3-6(12)1-2-8(9)10(17)16-4-7(5-16)14-15-13/h1-3,7H,4-5H2. The monoisotopic (exact) mass is 254 g/mol. The van der Waals surface area contributed by atoms with E-state index < -0.39 is 5.82 Å². The Labute approximate surface area is 101 Å². The number of likely N-dealkylation sites (tertiary alicyclic amines) is 1. The normalized spacial score (nSPS) is 15.1. The molecule has 0 bridgehead atoms. The van der Waals surface area contributed by atoms with E-state index in [9.17, 15) is 9.18 Å². The molecule has 0 aromatic heterocycles. The highest BCUT2D eigenvalue weighted by Gasteiger charge is 2.31. The van der Waals surface area contributed by atoms with Gasteiger partial charge in [-0.05, 0) is 23.7 Å². The molecule has 0 aliphatic carbocycles. The van der Waals surface area contributed by atoms with Crippen LogP contribution >= 0.6 is 11.6 Å². The van der Waals surface area contributed by atoms with Crippen molar-refractivity contribution in [3.63, 3.8) is 0 Å². The number of benzene rings is 1. The molecule has 1 aliphatic rings. The maximum absolute atomic E-state index is 12.8. The van der Waals surface area contributed by atoms with Crippen molar-refractivity contribution in [2.45, 2.75) is 6.04 Å². The van der Waals surface area contributed by atoms with Crippen molar-refractivity contribution < 1.29 is 9.18 Å². The van der Waals surface area contributed by atoms with Gasteiger partial charge in [-0.3, -0.25) is 4.79 Å². The molecule has 1 saturated heterocycles. The van der Waals surface area contributed by atoms with Crippen molar-refractivity contribution in [1.82, 2.24) is 4.90 Å². The molecule has 1 aliphatic heterocycles. The molecule has 0 saturated carbocycles. The molecule has 2 rings (SSSR count). The average Bonchev–Trinajstić information content (AvgIpc) is 2.22. The van der Waals surface area contributed by atoms with Gasteiger partial charge in [0.1, 0.15) is 5.82 Å². The van der Waals surface area contributed by atoms with Gasteiger partial charge in [-0.2, -0.15) is 0 Å². The highest BCUT2D eigenvalue weighted by Crippen LogP contribution is 2.22. The smallest absolute Gasteiger partial charge is 0.255 e. The van der Waals surface area contributed by atoms with Crippen LogP contribution in [0.4, 0.5) is 4.39 Å². The van der Waals surface area contributed by atoms with E-state index in [4.69, 9.17) is 17.1 Å². The first kappa shape index (κ1) is 11.7. The fourth-order valence-electron chi connectivity index (χ4n) is 1.60. The van der Waals surface area contributed by atoms with Gasteiger partial charge < -0.3 is 4.90 Å². The summed E-state index contributed by atoms with van der Waals surface area (Å²) >= 11 is 5.78. The molecule has 1 amide bonds. The molecule has 5 nitrogen and oxygen atoms in total. The topological polar surface area (TPSA) is 69.1 Å². The van der Waals surface area contributed by atoms with E-state index in [-0.39, 0.29) is 22.5 Å². The predicted octanol–water partition coefficient (Wildman–Crippen LogP) is 2.61. The summed E-state index contributed by atoms with van der Waals surface area (Å²) in [4.78, 5) is 16.1. The van der Waals surface area contributed by atoms with Crippen LogP contribution in [-0.2, 0) is 0 Å². The first-order chi connectivity index (χ1) is 8.11. The van der Waals surface area contributed by atoms with Crippen LogP contribution in [0.15, 0.2) is 23.3 Å². The van der Waals surface area contributed by atoms with Gasteiger partial charge in [-0.15, -0.1) is 0 Å². The van der Waals surface area contributed by atoms with E-state index in [1.807, 2.05) is 0 Å². The van der Waals surface area contributed by atoms with Crippen molar-refractivity contribution in [2.75, 3.05) is 13.1 Å². The zero-order valence-corrected chi connectivity index (χ0v) is 9.43. The maximum Gasteiger partial charge on any atom is 0.255 e. The SMILES string of the molecule is [N-]=[N+]=NC1CN(C(=O)c2ccc(F)cc2Cl)C1. The fraction of sp³-hybridized carbons (Fsp3) is 0.300. The number of hydrogen-bond acceptors (Lipinski definition) is 2. The van der Waals surface area contributed by atoms with Crippen LogP contribution in [0.3, 0.4) is 0 Å². The van der Waals surface area contributed by atoms with Crippen LogP contribution in [0.2, 0.25) is 5.02 Å². The maximum atomic E-state index is 12.8. The lowest BCUT2D eigenvalue weighted by atomic mass is 10.1. The van der Waals surface area contributed by atoms with E-state index >= 15 is 0 Å². The summed E-state index contributed by atoms with van der Waals surface area (Å²) in [6, 6.07) is 3.45. The van der Waals surface area contributed by atoms with Gasteiger partial charge in [0.25, 0.3) is 5.91 Å². The minimum atomic E-state index is -0.484. The summed E-state index contributed by atoms with van der Waals surface area (Å²) in [5, 5.41) is 3.57. The van der Waals surface area contributed by atoms with Crippen molar-refractivity contribution in [1.29, 1.82) is 0 Å². The van der Waals surface area contributed by atoms with E-state index in [1.165, 1.54) is 17.0 Å². The summed E-state index contributed by atoms with van der Waals surface area (Å²) in [5.41, 5.74) is 8.47. The van der Waals surface area contributed by atoms with E-state index in [2.05, 4.69) is 10.0 Å².